The van der Waals surface area contributed by atoms with Crippen LogP contribution in [0.15, 0.2) is 18.7 Å². The van der Waals surface area contributed by atoms with Gasteiger partial charge >= 0.3 is 5.97 Å². The molecule has 0 bridgehead atoms. The van der Waals surface area contributed by atoms with Gasteiger partial charge in [-0.15, -0.1) is 0 Å². The van der Waals surface area contributed by atoms with Crippen LogP contribution in [0.5, 0.6) is 0 Å². The van der Waals surface area contributed by atoms with Gasteiger partial charge in [0, 0.05) is 17.8 Å². The molecule has 0 saturated heterocycles. The summed E-state index contributed by atoms with van der Waals surface area (Å²) in [4.78, 5) is 18.6. The molecule has 0 spiro atoms. The van der Waals surface area contributed by atoms with Crippen molar-refractivity contribution >= 4 is 5.97 Å². The Kier molecular flexibility index (Phi) is 2.19. The maximum absolute atomic E-state index is 10.7. The average Bonchev–Trinajstić information content (AvgIpc) is 2.12. The fourth-order valence-corrected chi connectivity index (χ4v) is 2.03. The Balaban J connectivity index is 2.25. The van der Waals surface area contributed by atoms with Gasteiger partial charge in [-0.1, -0.05) is 6.42 Å². The van der Waals surface area contributed by atoms with E-state index in [1.54, 1.807) is 12.4 Å². The summed E-state index contributed by atoms with van der Waals surface area (Å²) in [5.74, 6) is -0.742. The number of aromatic nitrogens is 2. The van der Waals surface area contributed by atoms with E-state index in [1.165, 1.54) is 6.33 Å². The van der Waals surface area contributed by atoms with Crippen molar-refractivity contribution < 1.29 is 9.90 Å². The summed E-state index contributed by atoms with van der Waals surface area (Å²) in [7, 11) is 0. The van der Waals surface area contributed by atoms with Crippen molar-refractivity contribution in [2.24, 2.45) is 0 Å². The highest BCUT2D eigenvalue weighted by molar-refractivity contribution is 5.69. The predicted molar refractivity (Wildman–Crippen MR) is 49.8 cm³/mol. The average molecular weight is 192 g/mol. The van der Waals surface area contributed by atoms with Crippen molar-refractivity contribution in [2.75, 3.05) is 0 Å². The summed E-state index contributed by atoms with van der Waals surface area (Å²) in [6, 6.07) is 0. The Hall–Kier alpha value is -1.45. The van der Waals surface area contributed by atoms with E-state index in [0.29, 0.717) is 0 Å². The van der Waals surface area contributed by atoms with Crippen molar-refractivity contribution in [2.45, 2.75) is 31.1 Å². The van der Waals surface area contributed by atoms with Gasteiger partial charge in [-0.25, -0.2) is 9.97 Å². The van der Waals surface area contributed by atoms with E-state index in [4.69, 9.17) is 5.11 Å². The van der Waals surface area contributed by atoms with Gasteiger partial charge in [0.1, 0.15) is 6.33 Å². The maximum atomic E-state index is 10.7. The number of carboxylic acid groups (broad SMARTS) is 1. The van der Waals surface area contributed by atoms with Gasteiger partial charge in [-0.05, 0) is 18.4 Å². The number of carbonyl (C=O) groups is 1. The van der Waals surface area contributed by atoms with Gasteiger partial charge in [0.05, 0.1) is 6.42 Å². The molecule has 1 aliphatic carbocycles. The number of hydrogen-bond donors (Lipinski definition) is 1. The lowest BCUT2D eigenvalue weighted by Gasteiger charge is -2.40. The third-order valence-electron chi connectivity index (χ3n) is 2.97. The molecule has 1 heterocycles. The lowest BCUT2D eigenvalue weighted by Crippen LogP contribution is -2.36. The van der Waals surface area contributed by atoms with Crippen molar-refractivity contribution in [1.29, 1.82) is 0 Å². The van der Waals surface area contributed by atoms with Crippen LogP contribution in [-0.4, -0.2) is 21.0 Å². The second-order valence-electron chi connectivity index (χ2n) is 3.83. The number of hydrogen-bond acceptors (Lipinski definition) is 3. The van der Waals surface area contributed by atoms with E-state index in [-0.39, 0.29) is 11.8 Å². The summed E-state index contributed by atoms with van der Waals surface area (Å²) in [5, 5.41) is 8.83. The molecule has 0 unspecified atom stereocenters. The van der Waals surface area contributed by atoms with E-state index in [2.05, 4.69) is 9.97 Å². The fourth-order valence-electron chi connectivity index (χ4n) is 2.03. The van der Waals surface area contributed by atoms with Gasteiger partial charge in [0.25, 0.3) is 0 Å². The highest BCUT2D eigenvalue weighted by Gasteiger charge is 2.40. The highest BCUT2D eigenvalue weighted by atomic mass is 16.4. The number of rotatable bonds is 3. The molecule has 4 heteroatoms. The van der Waals surface area contributed by atoms with E-state index >= 15 is 0 Å². The Labute approximate surface area is 82.0 Å². The molecule has 1 aliphatic rings. The summed E-state index contributed by atoms with van der Waals surface area (Å²) in [5.41, 5.74) is 0.779. The molecule has 0 aliphatic heterocycles. The zero-order chi connectivity index (χ0) is 10.0. The Morgan fingerprint density at radius 2 is 2.07 bits per heavy atom. The van der Waals surface area contributed by atoms with Crippen LogP contribution in [0.2, 0.25) is 0 Å². The quantitative estimate of drug-likeness (QED) is 0.785. The maximum Gasteiger partial charge on any atom is 0.304 e. The summed E-state index contributed by atoms with van der Waals surface area (Å²) >= 11 is 0. The van der Waals surface area contributed by atoms with Gasteiger partial charge in [-0.2, -0.15) is 0 Å². The molecule has 1 fully saturated rings. The first-order valence-corrected chi connectivity index (χ1v) is 4.70. The molecular weight excluding hydrogens is 180 g/mol. The lowest BCUT2D eigenvalue weighted by molar-refractivity contribution is -0.139. The van der Waals surface area contributed by atoms with Crippen LogP contribution < -0.4 is 0 Å². The monoisotopic (exact) mass is 192 g/mol. The first-order chi connectivity index (χ1) is 6.73. The summed E-state index contributed by atoms with van der Waals surface area (Å²) in [6.45, 7) is 0. The minimum atomic E-state index is -0.742. The second kappa shape index (κ2) is 3.36. The Bertz CT molecular complexity index is 333. The molecular formula is C10H12N2O2. The van der Waals surface area contributed by atoms with Gasteiger partial charge in [0.15, 0.2) is 0 Å². The topological polar surface area (TPSA) is 63.1 Å². The summed E-state index contributed by atoms with van der Waals surface area (Å²) < 4.78 is 0. The first kappa shape index (κ1) is 9.12. The van der Waals surface area contributed by atoms with E-state index in [0.717, 1.165) is 24.8 Å². The normalized spacial score (nSPS) is 18.6. The highest BCUT2D eigenvalue weighted by Crippen LogP contribution is 2.45. The molecule has 1 saturated carbocycles. The van der Waals surface area contributed by atoms with E-state index in [1.807, 2.05) is 0 Å². The van der Waals surface area contributed by atoms with E-state index in [9.17, 15) is 4.79 Å². The second-order valence-corrected chi connectivity index (χ2v) is 3.83. The van der Waals surface area contributed by atoms with Gasteiger partial charge in [0.2, 0.25) is 0 Å². The molecule has 1 N–H and O–H groups in total. The Morgan fingerprint density at radius 3 is 2.50 bits per heavy atom. The first-order valence-electron chi connectivity index (χ1n) is 4.70. The number of nitrogens with zero attached hydrogens (tertiary/aromatic N) is 2. The molecule has 74 valence electrons. The third-order valence-corrected chi connectivity index (χ3v) is 2.97. The van der Waals surface area contributed by atoms with Crippen molar-refractivity contribution in [3.05, 3.63) is 24.3 Å². The van der Waals surface area contributed by atoms with Crippen molar-refractivity contribution in [3.63, 3.8) is 0 Å². The number of aliphatic carboxylic acids is 1. The van der Waals surface area contributed by atoms with Gasteiger partial charge in [-0.3, -0.25) is 4.79 Å². The van der Waals surface area contributed by atoms with Crippen molar-refractivity contribution in [3.8, 4) is 0 Å². The molecule has 0 amide bonds. The molecule has 14 heavy (non-hydrogen) atoms. The SMILES string of the molecule is O=C(O)CC1(c2cncnc2)CCC1. The van der Waals surface area contributed by atoms with Crippen LogP contribution in [0.25, 0.3) is 0 Å². The standard InChI is InChI=1S/C10H12N2O2/c13-9(14)4-10(2-1-3-10)8-5-11-7-12-6-8/h5-7H,1-4H2,(H,13,14). The minimum absolute atomic E-state index is 0.187. The zero-order valence-electron chi connectivity index (χ0n) is 7.81. The molecule has 1 aromatic rings. The molecule has 4 nitrogen and oxygen atoms in total. The molecule has 1 aromatic heterocycles. The molecule has 0 atom stereocenters. The fraction of sp³-hybridized carbons (Fsp3) is 0.500. The van der Waals surface area contributed by atoms with Crippen molar-refractivity contribution in [1.82, 2.24) is 9.97 Å². The number of carboxylic acids is 1. The largest absolute Gasteiger partial charge is 0.481 e. The smallest absolute Gasteiger partial charge is 0.304 e. The van der Waals surface area contributed by atoms with Crippen LogP contribution in [0, 0.1) is 0 Å². The predicted octanol–water partition coefficient (Wildman–Crippen LogP) is 1.37. The van der Waals surface area contributed by atoms with Crippen LogP contribution in [0.3, 0.4) is 0 Å². The van der Waals surface area contributed by atoms with Gasteiger partial charge < -0.3 is 5.11 Å². The Morgan fingerprint density at radius 1 is 1.43 bits per heavy atom. The van der Waals surface area contributed by atoms with E-state index < -0.39 is 5.97 Å². The third kappa shape index (κ3) is 1.47. The zero-order valence-corrected chi connectivity index (χ0v) is 7.81. The molecule has 2 rings (SSSR count). The van der Waals surface area contributed by atoms with Crippen LogP contribution in [0.1, 0.15) is 31.2 Å². The summed E-state index contributed by atoms with van der Waals surface area (Å²) in [6.07, 6.45) is 8.10. The van der Waals surface area contributed by atoms with Crippen LogP contribution in [0.4, 0.5) is 0 Å². The lowest BCUT2D eigenvalue weighted by atomic mass is 9.63. The molecule has 0 radical (unpaired) electrons. The minimum Gasteiger partial charge on any atom is -0.481 e. The van der Waals surface area contributed by atoms with Crippen LogP contribution >= 0.6 is 0 Å². The molecule has 0 aromatic carbocycles. The van der Waals surface area contributed by atoms with Crippen LogP contribution in [-0.2, 0) is 10.2 Å².